The minimum Gasteiger partial charge on any atom is -0.481 e. The van der Waals surface area contributed by atoms with Crippen LogP contribution in [0.2, 0.25) is 0 Å². The van der Waals surface area contributed by atoms with Crippen molar-refractivity contribution in [3.05, 3.63) is 0 Å². The van der Waals surface area contributed by atoms with Crippen LogP contribution >= 0.6 is 0 Å². The number of hydrogen-bond acceptors (Lipinski definition) is 2. The van der Waals surface area contributed by atoms with Gasteiger partial charge in [-0.3, -0.25) is 4.79 Å². The van der Waals surface area contributed by atoms with E-state index in [2.05, 4.69) is 0 Å². The molecule has 7 heavy (non-hydrogen) atoms. The zero-order chi connectivity index (χ0) is 9.28. The fourth-order valence-electron chi connectivity index (χ4n) is 0.115. The van der Waals surface area contributed by atoms with Crippen LogP contribution in [0.3, 0.4) is 0 Å². The van der Waals surface area contributed by atoms with Crippen molar-refractivity contribution in [3.63, 3.8) is 0 Å². The lowest BCUT2D eigenvalue weighted by Gasteiger charge is -1.85. The minimum atomic E-state index is -3.12. The molecule has 3 nitrogen and oxygen atoms in total. The second-order valence-corrected chi connectivity index (χ2v) is 0.859. The van der Waals surface area contributed by atoms with Crippen LogP contribution in [-0.2, 0) is 4.79 Å². The Kier molecular flexibility index (Phi) is 1.10. The topological polar surface area (TPSA) is 57.5 Å². The van der Waals surface area contributed by atoms with Crippen LogP contribution in [0.5, 0.6) is 0 Å². The van der Waals surface area contributed by atoms with Crippen LogP contribution in [-0.4, -0.2) is 22.7 Å². The first-order chi connectivity index (χ1) is 4.67. The van der Waals surface area contributed by atoms with Gasteiger partial charge in [-0.05, 0) is 6.37 Å². The number of aliphatic carboxylic acids is 1. The number of carboxylic acid groups (broad SMARTS) is 1. The Balaban J connectivity index is 4.34. The molecule has 0 saturated heterocycles. The zero-order valence-corrected chi connectivity index (χ0v) is 3.51. The second-order valence-electron chi connectivity index (χ2n) is 0.859. The zero-order valence-electron chi connectivity index (χ0n) is 7.51. The third-order valence-corrected chi connectivity index (χ3v) is 0.319. The van der Waals surface area contributed by atoms with Crippen molar-refractivity contribution in [2.75, 3.05) is 6.56 Å². The maximum Gasteiger partial charge on any atom is 0.303 e. The van der Waals surface area contributed by atoms with Crippen molar-refractivity contribution in [2.24, 2.45) is 0 Å². The first-order valence-electron chi connectivity index (χ1n) is 3.61. The molecule has 0 aromatic carbocycles. The van der Waals surface area contributed by atoms with Crippen LogP contribution in [0.4, 0.5) is 0 Å². The second kappa shape index (κ2) is 3.61. The molecular weight excluding hydrogens is 96.0 g/mol. The van der Waals surface area contributed by atoms with Gasteiger partial charge in [0.15, 0.2) is 0 Å². The minimum absolute atomic E-state index is 1.06. The van der Waals surface area contributed by atoms with Gasteiger partial charge in [0.1, 0.15) is 0 Å². The Bertz CT molecular complexity index is 161. The molecule has 0 atom stereocenters. The average molecular weight is 108 g/mol. The van der Waals surface area contributed by atoms with Gasteiger partial charge in [-0.1, -0.05) is 0 Å². The summed E-state index contributed by atoms with van der Waals surface area (Å²) in [4.78, 5) is 9.94. The van der Waals surface area contributed by atoms with Gasteiger partial charge in [0, 0.05) is 15.7 Å². The predicted molar refractivity (Wildman–Crippen MR) is 24.0 cm³/mol. The summed E-state index contributed by atoms with van der Waals surface area (Å²) in [7, 11) is 0. The molecule has 2 N–H and O–H groups in total. The molecule has 0 aromatic heterocycles. The van der Waals surface area contributed by atoms with E-state index in [1.165, 1.54) is 0 Å². The van der Waals surface area contributed by atoms with E-state index < -0.39 is 25.3 Å². The van der Waals surface area contributed by atoms with Gasteiger partial charge in [-0.15, -0.1) is 0 Å². The predicted octanol–water partition coefficient (Wildman–Crippen LogP) is -0.157. The van der Waals surface area contributed by atoms with E-state index in [-0.39, 0.29) is 0 Å². The van der Waals surface area contributed by atoms with E-state index in [0.29, 0.717) is 0 Å². The van der Waals surface area contributed by atoms with Crippen molar-refractivity contribution in [1.82, 2.24) is 0 Å². The third kappa shape index (κ3) is 5.43. The Morgan fingerprint density at radius 1 is 1.86 bits per heavy atom. The molecule has 0 aromatic rings. The van der Waals surface area contributed by atoms with Gasteiger partial charge >= 0.3 is 5.97 Å². The van der Waals surface area contributed by atoms with Gasteiger partial charge < -0.3 is 10.2 Å². The van der Waals surface area contributed by atoms with Gasteiger partial charge in [-0.2, -0.15) is 0 Å². The summed E-state index contributed by atoms with van der Waals surface area (Å²) in [5.74, 6) is -1.49. The van der Waals surface area contributed by atoms with Crippen LogP contribution in [0, 0.1) is 0 Å². The van der Waals surface area contributed by atoms with Crippen molar-refractivity contribution in [2.45, 2.75) is 12.8 Å². The molecule has 0 amide bonds. The van der Waals surface area contributed by atoms with E-state index in [1.807, 2.05) is 0 Å². The fourth-order valence-corrected chi connectivity index (χ4v) is 0.115. The van der Waals surface area contributed by atoms with Gasteiger partial charge in [0.25, 0.3) is 0 Å². The summed E-state index contributed by atoms with van der Waals surface area (Å²) in [5.41, 5.74) is 0. The van der Waals surface area contributed by atoms with Gasteiger partial charge in [0.2, 0.25) is 0 Å². The standard InChI is InChI=1S/C4H8O3/c5-3-1-2-4(6)7/h5H,1-3H2,(H,6,7)/i1D2,3D2. The molecule has 0 fully saturated rings. The van der Waals surface area contributed by atoms with E-state index in [4.69, 9.17) is 15.7 Å². The average Bonchev–Trinajstić information content (AvgIpc) is 1.56. The SMILES string of the molecule is [2H]C([2H])(O)C([2H])([2H])CC(=O)O. The van der Waals surface area contributed by atoms with Crippen LogP contribution in [0.15, 0.2) is 0 Å². The summed E-state index contributed by atoms with van der Waals surface area (Å²) in [6, 6.07) is 0. The van der Waals surface area contributed by atoms with E-state index in [0.717, 1.165) is 0 Å². The number of aliphatic hydroxyl groups is 1. The van der Waals surface area contributed by atoms with Crippen molar-refractivity contribution in [1.29, 1.82) is 0 Å². The first-order valence-corrected chi connectivity index (χ1v) is 1.61. The number of carboxylic acids is 1. The molecule has 3 heteroatoms. The number of rotatable bonds is 3. The third-order valence-electron chi connectivity index (χ3n) is 0.319. The van der Waals surface area contributed by atoms with E-state index >= 15 is 0 Å². The number of hydrogen-bond donors (Lipinski definition) is 2. The largest absolute Gasteiger partial charge is 0.481 e. The lowest BCUT2D eigenvalue weighted by Crippen LogP contribution is -1.95. The molecule has 0 spiro atoms. The molecule has 0 aliphatic carbocycles. The Morgan fingerprint density at radius 2 is 2.43 bits per heavy atom. The highest BCUT2D eigenvalue weighted by Gasteiger charge is 1.91. The van der Waals surface area contributed by atoms with E-state index in [1.54, 1.807) is 0 Å². The van der Waals surface area contributed by atoms with Crippen molar-refractivity contribution < 1.29 is 20.5 Å². The summed E-state index contributed by atoms with van der Waals surface area (Å²) < 4.78 is 26.6. The fraction of sp³-hybridized carbons (Fsp3) is 0.750. The van der Waals surface area contributed by atoms with Crippen molar-refractivity contribution in [3.8, 4) is 0 Å². The molecule has 0 heterocycles. The lowest BCUT2D eigenvalue weighted by molar-refractivity contribution is -0.137. The molecule has 0 aliphatic heterocycles. The molecule has 0 radical (unpaired) electrons. The monoisotopic (exact) mass is 108 g/mol. The highest BCUT2D eigenvalue weighted by atomic mass is 16.4. The van der Waals surface area contributed by atoms with Crippen LogP contribution in [0.25, 0.3) is 0 Å². The van der Waals surface area contributed by atoms with Gasteiger partial charge in [0.05, 0.1) is 2.74 Å². The lowest BCUT2D eigenvalue weighted by atomic mass is 10.3. The Labute approximate surface area is 47.2 Å². The summed E-state index contributed by atoms with van der Waals surface area (Å²) in [5, 5.41) is 16.6. The summed E-state index contributed by atoms with van der Waals surface area (Å²) >= 11 is 0. The molecule has 0 bridgehead atoms. The van der Waals surface area contributed by atoms with Gasteiger partial charge in [-0.25, -0.2) is 0 Å². The summed E-state index contributed by atoms with van der Waals surface area (Å²) in [6.45, 7) is -3.12. The number of carbonyl (C=O) groups is 1. The molecule has 0 rings (SSSR count). The highest BCUT2D eigenvalue weighted by molar-refractivity contribution is 5.66. The molecule has 0 unspecified atom stereocenters. The maximum atomic E-state index is 9.94. The Morgan fingerprint density at radius 3 is 2.57 bits per heavy atom. The van der Waals surface area contributed by atoms with Crippen molar-refractivity contribution >= 4 is 5.97 Å². The summed E-state index contributed by atoms with van der Waals surface area (Å²) in [6.07, 6.45) is -3.81. The normalized spacial score (nSPS) is 21.3. The molecule has 0 saturated carbocycles. The molecular formula is C4H8O3. The first kappa shape index (κ1) is 2.13. The smallest absolute Gasteiger partial charge is 0.303 e. The Hall–Kier alpha value is -0.570. The molecule has 0 aliphatic rings. The highest BCUT2D eigenvalue weighted by Crippen LogP contribution is 1.83. The molecule has 42 valence electrons. The van der Waals surface area contributed by atoms with Crippen LogP contribution < -0.4 is 0 Å². The quantitative estimate of drug-likeness (QED) is 0.528. The maximum absolute atomic E-state index is 9.94. The van der Waals surface area contributed by atoms with E-state index in [9.17, 15) is 4.79 Å². The van der Waals surface area contributed by atoms with Crippen LogP contribution in [0.1, 0.15) is 18.3 Å².